The molecule has 0 aliphatic rings. The number of hydrogen-bond donors (Lipinski definition) is 0. The fourth-order valence-corrected chi connectivity index (χ4v) is 0.812. The van der Waals surface area contributed by atoms with E-state index in [0.717, 1.165) is 5.56 Å². The molecule has 1 aromatic heterocycles. The summed E-state index contributed by atoms with van der Waals surface area (Å²) in [5, 5.41) is 0. The fourth-order valence-electron chi connectivity index (χ4n) is 0.812. The van der Waals surface area contributed by atoms with E-state index in [-0.39, 0.29) is 5.97 Å². The van der Waals surface area contributed by atoms with Crippen molar-refractivity contribution < 1.29 is 9.53 Å². The van der Waals surface area contributed by atoms with Crippen LogP contribution in [0.25, 0.3) is 0 Å². The summed E-state index contributed by atoms with van der Waals surface area (Å²) < 4.78 is 4.55. The zero-order valence-corrected chi connectivity index (χ0v) is 6.50. The lowest BCUT2D eigenvalue weighted by Gasteiger charge is -2.00. The lowest BCUT2D eigenvalue weighted by molar-refractivity contribution is 0.0600. The fraction of sp³-hybridized carbons (Fsp3) is 0.250. The number of hydrogen-bond acceptors (Lipinski definition) is 3. The van der Waals surface area contributed by atoms with Crippen molar-refractivity contribution in [1.82, 2.24) is 4.98 Å². The smallest absolute Gasteiger partial charge is 0.338 e. The highest BCUT2D eigenvalue weighted by atomic mass is 16.5. The van der Waals surface area contributed by atoms with E-state index in [2.05, 4.69) is 9.72 Å². The minimum Gasteiger partial charge on any atom is -0.465 e. The molecule has 3 nitrogen and oxygen atoms in total. The molecule has 0 aromatic carbocycles. The van der Waals surface area contributed by atoms with Crippen molar-refractivity contribution in [2.75, 3.05) is 7.11 Å². The molecule has 0 spiro atoms. The van der Waals surface area contributed by atoms with Gasteiger partial charge in [0.1, 0.15) is 0 Å². The lowest BCUT2D eigenvalue weighted by Crippen LogP contribution is -2.03. The van der Waals surface area contributed by atoms with E-state index in [0.29, 0.717) is 5.56 Å². The van der Waals surface area contributed by atoms with Gasteiger partial charge in [0.25, 0.3) is 0 Å². The average Bonchev–Trinajstić information content (AvgIpc) is 2.04. The summed E-state index contributed by atoms with van der Waals surface area (Å²) in [5.41, 5.74) is 1.40. The summed E-state index contributed by atoms with van der Waals surface area (Å²) in [6.07, 6.45) is 3.20. The Morgan fingerprint density at radius 3 is 2.91 bits per heavy atom. The number of methoxy groups -OCH3 is 1. The normalized spacial score (nSPS) is 9.27. The van der Waals surface area contributed by atoms with Crippen molar-refractivity contribution in [2.24, 2.45) is 0 Å². The quantitative estimate of drug-likeness (QED) is 0.566. The van der Waals surface area contributed by atoms with E-state index < -0.39 is 0 Å². The van der Waals surface area contributed by atoms with Gasteiger partial charge in [-0.15, -0.1) is 0 Å². The molecule has 1 heterocycles. The molecule has 11 heavy (non-hydrogen) atoms. The third kappa shape index (κ3) is 1.55. The second-order valence-electron chi connectivity index (χ2n) is 2.18. The van der Waals surface area contributed by atoms with Crippen LogP contribution in [0.1, 0.15) is 15.9 Å². The van der Waals surface area contributed by atoms with E-state index in [1.807, 2.05) is 6.92 Å². The summed E-state index contributed by atoms with van der Waals surface area (Å²) in [6, 6.07) is 1.64. The van der Waals surface area contributed by atoms with Crippen molar-refractivity contribution in [3.8, 4) is 0 Å². The number of ether oxygens (including phenoxy) is 1. The van der Waals surface area contributed by atoms with Crippen molar-refractivity contribution in [3.63, 3.8) is 0 Å². The predicted molar refractivity (Wildman–Crippen MR) is 40.3 cm³/mol. The third-order valence-electron chi connectivity index (χ3n) is 1.43. The molecule has 1 aromatic rings. The van der Waals surface area contributed by atoms with Gasteiger partial charge in [-0.1, -0.05) is 0 Å². The highest BCUT2D eigenvalue weighted by molar-refractivity contribution is 5.90. The van der Waals surface area contributed by atoms with E-state index >= 15 is 0 Å². The maximum absolute atomic E-state index is 11.0. The Morgan fingerprint density at radius 1 is 1.64 bits per heavy atom. The molecule has 1 rings (SSSR count). The molecule has 0 fully saturated rings. The first-order valence-corrected chi connectivity index (χ1v) is 3.24. The highest BCUT2D eigenvalue weighted by Gasteiger charge is 2.06. The van der Waals surface area contributed by atoms with Crippen LogP contribution in [-0.2, 0) is 4.74 Å². The maximum atomic E-state index is 11.0. The molecule has 0 aliphatic heterocycles. The molecule has 0 N–H and O–H groups in total. The molecule has 58 valence electrons. The van der Waals surface area contributed by atoms with Crippen LogP contribution in [0, 0.1) is 6.92 Å². The van der Waals surface area contributed by atoms with Crippen LogP contribution < -0.4 is 0 Å². The van der Waals surface area contributed by atoms with E-state index in [4.69, 9.17) is 0 Å². The predicted octanol–water partition coefficient (Wildman–Crippen LogP) is 1.18. The van der Waals surface area contributed by atoms with Gasteiger partial charge < -0.3 is 4.74 Å². The molecule has 0 amide bonds. The third-order valence-corrected chi connectivity index (χ3v) is 1.43. The standard InChI is InChI=1S/C8H9NO2/c1-6-5-9-4-3-7(6)8(10)11-2/h3-5H,1-2H3. The van der Waals surface area contributed by atoms with Gasteiger partial charge >= 0.3 is 5.97 Å². The summed E-state index contributed by atoms with van der Waals surface area (Å²) >= 11 is 0. The Balaban J connectivity index is 3.03. The number of nitrogens with zero attached hydrogens (tertiary/aromatic N) is 1. The van der Waals surface area contributed by atoms with Crippen molar-refractivity contribution in [3.05, 3.63) is 29.6 Å². The Labute approximate surface area is 65.0 Å². The monoisotopic (exact) mass is 151 g/mol. The molecule has 0 unspecified atom stereocenters. The summed E-state index contributed by atoms with van der Waals surface area (Å²) in [6.45, 7) is 1.82. The lowest BCUT2D eigenvalue weighted by atomic mass is 10.2. The second-order valence-corrected chi connectivity index (χ2v) is 2.18. The van der Waals surface area contributed by atoms with Crippen molar-refractivity contribution in [1.29, 1.82) is 0 Å². The number of aryl methyl sites for hydroxylation is 1. The van der Waals surface area contributed by atoms with Gasteiger partial charge in [0.15, 0.2) is 0 Å². The SMILES string of the molecule is COC(=O)c1ccncc1C. The highest BCUT2D eigenvalue weighted by Crippen LogP contribution is 2.05. The maximum Gasteiger partial charge on any atom is 0.338 e. The van der Waals surface area contributed by atoms with Gasteiger partial charge in [0.2, 0.25) is 0 Å². The molecule has 0 saturated carbocycles. The summed E-state index contributed by atoms with van der Waals surface area (Å²) in [4.78, 5) is 14.8. The second kappa shape index (κ2) is 3.14. The summed E-state index contributed by atoms with van der Waals surface area (Å²) in [5.74, 6) is -0.315. The largest absolute Gasteiger partial charge is 0.465 e. The van der Waals surface area contributed by atoms with Crippen LogP contribution in [0.4, 0.5) is 0 Å². The molecule has 0 atom stereocenters. The first-order chi connectivity index (χ1) is 5.25. The van der Waals surface area contributed by atoms with Gasteiger partial charge in [0.05, 0.1) is 12.7 Å². The minimum atomic E-state index is -0.315. The zero-order chi connectivity index (χ0) is 8.27. The van der Waals surface area contributed by atoms with E-state index in [1.54, 1.807) is 18.5 Å². The Hall–Kier alpha value is -1.38. The van der Waals surface area contributed by atoms with Gasteiger partial charge in [-0.2, -0.15) is 0 Å². The average molecular weight is 151 g/mol. The minimum absolute atomic E-state index is 0.315. The van der Waals surface area contributed by atoms with Crippen LogP contribution >= 0.6 is 0 Å². The van der Waals surface area contributed by atoms with Crippen LogP contribution in [0.3, 0.4) is 0 Å². The van der Waals surface area contributed by atoms with Crippen LogP contribution in [0.15, 0.2) is 18.5 Å². The molecule has 0 saturated heterocycles. The molecule has 3 heteroatoms. The number of aromatic nitrogens is 1. The topological polar surface area (TPSA) is 39.2 Å². The number of carbonyl (C=O) groups is 1. The van der Waals surface area contributed by atoms with Gasteiger partial charge in [-0.3, -0.25) is 4.98 Å². The first-order valence-electron chi connectivity index (χ1n) is 3.24. The van der Waals surface area contributed by atoms with Crippen LogP contribution in [-0.4, -0.2) is 18.1 Å². The molecule has 0 radical (unpaired) electrons. The Kier molecular flexibility index (Phi) is 2.21. The summed E-state index contributed by atoms with van der Waals surface area (Å²) in [7, 11) is 1.36. The van der Waals surface area contributed by atoms with Gasteiger partial charge in [-0.05, 0) is 18.6 Å². The van der Waals surface area contributed by atoms with Crippen molar-refractivity contribution >= 4 is 5.97 Å². The molecular weight excluding hydrogens is 142 g/mol. The number of rotatable bonds is 1. The zero-order valence-electron chi connectivity index (χ0n) is 6.50. The molecule has 0 bridgehead atoms. The Morgan fingerprint density at radius 2 is 2.36 bits per heavy atom. The number of carbonyl (C=O) groups excluding carboxylic acids is 1. The first kappa shape index (κ1) is 7.72. The van der Waals surface area contributed by atoms with E-state index in [1.165, 1.54) is 7.11 Å². The van der Waals surface area contributed by atoms with Gasteiger partial charge in [0, 0.05) is 12.4 Å². The molecular formula is C8H9NO2. The number of pyridine rings is 1. The van der Waals surface area contributed by atoms with Crippen molar-refractivity contribution in [2.45, 2.75) is 6.92 Å². The Bertz CT molecular complexity index is 271. The van der Waals surface area contributed by atoms with E-state index in [9.17, 15) is 4.79 Å². The molecule has 0 aliphatic carbocycles. The van der Waals surface area contributed by atoms with Crippen LogP contribution in [0.5, 0.6) is 0 Å². The van der Waals surface area contributed by atoms with Crippen LogP contribution in [0.2, 0.25) is 0 Å². The van der Waals surface area contributed by atoms with Gasteiger partial charge in [-0.25, -0.2) is 4.79 Å². The number of esters is 1.